The molecule has 0 unspecified atom stereocenters. The predicted octanol–water partition coefficient (Wildman–Crippen LogP) is 6.27. The van der Waals surface area contributed by atoms with Crippen LogP contribution in [-0.2, 0) is 35.4 Å². The summed E-state index contributed by atoms with van der Waals surface area (Å²) in [6.45, 7) is 6.12. The topological polar surface area (TPSA) is 72.5 Å². The molecule has 1 aliphatic rings. The Balaban J connectivity index is 1.44. The number of hydrogen-bond acceptors (Lipinski definition) is 4. The van der Waals surface area contributed by atoms with E-state index in [1.165, 1.54) is 56.1 Å². The van der Waals surface area contributed by atoms with Gasteiger partial charge in [0.15, 0.2) is 0 Å². The van der Waals surface area contributed by atoms with Gasteiger partial charge in [-0.25, -0.2) is 0 Å². The maximum Gasteiger partial charge on any atom is 0.310 e. The number of fused-ring (bicyclic) bond motifs is 1. The fraction of sp³-hybridized carbons (Fsp3) is 0.433. The lowest BCUT2D eigenvalue weighted by Crippen LogP contribution is -2.20. The van der Waals surface area contributed by atoms with Crippen LogP contribution in [0.2, 0.25) is 0 Å². The Labute approximate surface area is 209 Å². The van der Waals surface area contributed by atoms with Gasteiger partial charge in [0, 0.05) is 0 Å². The molecule has 1 heterocycles. The monoisotopic (exact) mass is 475 g/mol. The second-order valence-corrected chi connectivity index (χ2v) is 9.22. The first-order valence-electron chi connectivity index (χ1n) is 12.9. The Morgan fingerprint density at radius 3 is 2.40 bits per heavy atom. The number of aryl methyl sites for hydroxylation is 2. The molecule has 0 bridgehead atoms. The smallest absolute Gasteiger partial charge is 0.310 e. The molecule has 0 atom stereocenters. The molecule has 1 N–H and O–H groups in total. The molecular weight excluding hydrogens is 438 g/mol. The molecule has 2 aromatic rings. The summed E-state index contributed by atoms with van der Waals surface area (Å²) in [4.78, 5) is 36.3. The quantitative estimate of drug-likeness (QED) is 0.143. The summed E-state index contributed by atoms with van der Waals surface area (Å²) in [5.74, 6) is -1.30. The molecule has 0 saturated heterocycles. The van der Waals surface area contributed by atoms with Gasteiger partial charge < -0.3 is 4.74 Å². The zero-order chi connectivity index (χ0) is 25.0. The van der Waals surface area contributed by atoms with Gasteiger partial charge in [-0.1, -0.05) is 75.4 Å². The predicted molar refractivity (Wildman–Crippen MR) is 138 cm³/mol. The Morgan fingerprint density at radius 1 is 0.914 bits per heavy atom. The van der Waals surface area contributed by atoms with E-state index in [1.807, 2.05) is 12.1 Å². The number of ether oxygens (including phenoxy) is 1. The van der Waals surface area contributed by atoms with Crippen molar-refractivity contribution < 1.29 is 19.1 Å². The molecule has 1 aliphatic heterocycles. The van der Waals surface area contributed by atoms with E-state index in [-0.39, 0.29) is 18.6 Å². The first-order chi connectivity index (χ1) is 17.0. The third-order valence-corrected chi connectivity index (χ3v) is 6.59. The van der Waals surface area contributed by atoms with Gasteiger partial charge >= 0.3 is 5.97 Å². The number of carbonyl (C=O) groups excluding carboxylic acids is 3. The number of hydrogen-bond donors (Lipinski definition) is 1. The van der Waals surface area contributed by atoms with Crippen molar-refractivity contribution in [3.8, 4) is 0 Å². The van der Waals surface area contributed by atoms with Gasteiger partial charge in [-0.05, 0) is 60.4 Å². The van der Waals surface area contributed by atoms with E-state index >= 15 is 0 Å². The van der Waals surface area contributed by atoms with E-state index < -0.39 is 17.8 Å². The summed E-state index contributed by atoms with van der Waals surface area (Å²) in [7, 11) is 0. The number of nitrogens with one attached hydrogen (secondary N) is 1. The number of benzene rings is 2. The maximum atomic E-state index is 12.5. The second-order valence-electron chi connectivity index (χ2n) is 9.22. The Bertz CT molecular complexity index is 1060. The fourth-order valence-electron chi connectivity index (χ4n) is 4.64. The number of esters is 1. The lowest BCUT2D eigenvalue weighted by molar-refractivity contribution is -0.144. The van der Waals surface area contributed by atoms with E-state index in [2.05, 4.69) is 31.0 Å². The van der Waals surface area contributed by atoms with E-state index in [0.29, 0.717) is 11.1 Å². The highest BCUT2D eigenvalue weighted by atomic mass is 16.5. The molecule has 2 amide bonds. The van der Waals surface area contributed by atoms with E-state index in [0.717, 1.165) is 24.8 Å². The van der Waals surface area contributed by atoms with Gasteiger partial charge in [-0.15, -0.1) is 6.58 Å². The van der Waals surface area contributed by atoms with Crippen LogP contribution in [0.1, 0.15) is 101 Å². The molecule has 5 nitrogen and oxygen atoms in total. The minimum atomic E-state index is -0.458. The SMILES string of the molecule is C=CCCCCCCCCCc1ccc(COC(=O)Cc2cccc3c2C(=O)NC3=O)cc1CC. The fourth-order valence-corrected chi connectivity index (χ4v) is 4.64. The normalized spacial score (nSPS) is 12.4. The number of rotatable bonds is 15. The minimum absolute atomic E-state index is 0.0448. The minimum Gasteiger partial charge on any atom is -0.461 e. The van der Waals surface area contributed by atoms with Crippen molar-refractivity contribution in [2.45, 2.75) is 84.2 Å². The first-order valence-corrected chi connectivity index (χ1v) is 12.9. The van der Waals surface area contributed by atoms with Gasteiger partial charge in [0.25, 0.3) is 11.8 Å². The third-order valence-electron chi connectivity index (χ3n) is 6.59. The third kappa shape index (κ3) is 7.64. The number of unbranched alkanes of at least 4 members (excludes halogenated alkanes) is 7. The van der Waals surface area contributed by atoms with Crippen molar-refractivity contribution in [3.63, 3.8) is 0 Å². The number of imide groups is 1. The second kappa shape index (κ2) is 13.6. The molecule has 5 heteroatoms. The van der Waals surface area contributed by atoms with Gasteiger partial charge in [-0.3, -0.25) is 19.7 Å². The highest BCUT2D eigenvalue weighted by Crippen LogP contribution is 2.22. The van der Waals surface area contributed by atoms with Crippen LogP contribution in [-0.4, -0.2) is 17.8 Å². The van der Waals surface area contributed by atoms with Crippen LogP contribution in [0.4, 0.5) is 0 Å². The van der Waals surface area contributed by atoms with Crippen LogP contribution >= 0.6 is 0 Å². The molecular formula is C30H37NO4. The van der Waals surface area contributed by atoms with Crippen LogP contribution in [0, 0.1) is 0 Å². The van der Waals surface area contributed by atoms with E-state index in [9.17, 15) is 14.4 Å². The van der Waals surface area contributed by atoms with Crippen molar-refractivity contribution in [2.75, 3.05) is 0 Å². The molecule has 186 valence electrons. The summed E-state index contributed by atoms with van der Waals surface area (Å²) in [6, 6.07) is 11.3. The molecule has 0 aromatic heterocycles. The van der Waals surface area contributed by atoms with Crippen molar-refractivity contribution in [1.82, 2.24) is 5.32 Å². The molecule has 35 heavy (non-hydrogen) atoms. The van der Waals surface area contributed by atoms with E-state index in [1.54, 1.807) is 18.2 Å². The highest BCUT2D eigenvalue weighted by Gasteiger charge is 2.29. The summed E-state index contributed by atoms with van der Waals surface area (Å²) >= 11 is 0. The standard InChI is InChI=1S/C30H37NO4/c1-3-5-6-7-8-9-10-11-12-14-24-18-17-22(19-23(24)4-2)21-35-27(32)20-25-15-13-16-26-28(25)30(34)31-29(26)33/h3,13,15-19H,1,4-12,14,20-21H2,2H3,(H,31,33,34). The molecule has 0 fully saturated rings. The molecule has 0 radical (unpaired) electrons. The van der Waals surface area contributed by atoms with Gasteiger partial charge in [-0.2, -0.15) is 0 Å². The summed E-state index contributed by atoms with van der Waals surface area (Å²) in [6.07, 6.45) is 14.1. The van der Waals surface area contributed by atoms with Crippen LogP contribution in [0.3, 0.4) is 0 Å². The van der Waals surface area contributed by atoms with Gasteiger partial charge in [0.2, 0.25) is 0 Å². The Morgan fingerprint density at radius 2 is 1.66 bits per heavy atom. The zero-order valence-electron chi connectivity index (χ0n) is 20.9. The van der Waals surface area contributed by atoms with Crippen molar-refractivity contribution in [1.29, 1.82) is 0 Å². The lowest BCUT2D eigenvalue weighted by atomic mass is 9.97. The largest absolute Gasteiger partial charge is 0.461 e. The zero-order valence-corrected chi connectivity index (χ0v) is 20.9. The highest BCUT2D eigenvalue weighted by molar-refractivity contribution is 6.22. The Kier molecular flexibility index (Phi) is 10.3. The van der Waals surface area contributed by atoms with Crippen LogP contribution < -0.4 is 5.32 Å². The average Bonchev–Trinajstić information content (AvgIpc) is 3.16. The summed E-state index contributed by atoms with van der Waals surface area (Å²) in [5.41, 5.74) is 4.75. The lowest BCUT2D eigenvalue weighted by Gasteiger charge is -2.12. The number of allylic oxidation sites excluding steroid dienone is 1. The Hall–Kier alpha value is -3.21. The summed E-state index contributed by atoms with van der Waals surface area (Å²) in [5, 5.41) is 2.27. The van der Waals surface area contributed by atoms with Crippen LogP contribution in [0.15, 0.2) is 49.1 Å². The number of carbonyl (C=O) groups is 3. The molecule has 0 aliphatic carbocycles. The number of amides is 2. The average molecular weight is 476 g/mol. The van der Waals surface area contributed by atoms with Crippen molar-refractivity contribution in [3.05, 3.63) is 82.4 Å². The maximum absolute atomic E-state index is 12.5. The van der Waals surface area contributed by atoms with Gasteiger partial charge in [0.05, 0.1) is 17.5 Å². The molecule has 2 aromatic carbocycles. The molecule has 0 saturated carbocycles. The van der Waals surface area contributed by atoms with Crippen molar-refractivity contribution in [2.24, 2.45) is 0 Å². The first kappa shape index (κ1) is 26.4. The summed E-state index contributed by atoms with van der Waals surface area (Å²) < 4.78 is 5.49. The van der Waals surface area contributed by atoms with Crippen LogP contribution in [0.5, 0.6) is 0 Å². The van der Waals surface area contributed by atoms with Crippen LogP contribution in [0.25, 0.3) is 0 Å². The molecule has 0 spiro atoms. The van der Waals surface area contributed by atoms with E-state index in [4.69, 9.17) is 4.74 Å². The van der Waals surface area contributed by atoms with Crippen molar-refractivity contribution >= 4 is 17.8 Å². The van der Waals surface area contributed by atoms with Gasteiger partial charge in [0.1, 0.15) is 6.61 Å². The molecule has 3 rings (SSSR count).